The highest BCUT2D eigenvalue weighted by atomic mass is 16.5. The Hall–Kier alpha value is -3.43. The first kappa shape index (κ1) is 18.6. The van der Waals surface area contributed by atoms with Crippen LogP contribution in [0.4, 0.5) is 0 Å². The fourth-order valence-corrected chi connectivity index (χ4v) is 4.23. The van der Waals surface area contributed by atoms with Gasteiger partial charge in [0.05, 0.1) is 23.4 Å². The molecule has 0 radical (unpaired) electrons. The first-order chi connectivity index (χ1) is 14.7. The van der Waals surface area contributed by atoms with Gasteiger partial charge < -0.3 is 9.47 Å². The van der Waals surface area contributed by atoms with E-state index < -0.39 is 0 Å². The zero-order chi connectivity index (χ0) is 20.5. The molecule has 1 aromatic heterocycles. The van der Waals surface area contributed by atoms with Gasteiger partial charge in [0.15, 0.2) is 0 Å². The van der Waals surface area contributed by atoms with Crippen molar-refractivity contribution in [2.75, 3.05) is 13.2 Å². The van der Waals surface area contributed by atoms with Gasteiger partial charge in [-0.3, -0.25) is 4.57 Å². The number of nitrogens with zero attached hydrogens (tertiary/aromatic N) is 3. The van der Waals surface area contributed by atoms with Gasteiger partial charge in [0.1, 0.15) is 6.61 Å². The molecular formula is C24H21N3O3. The number of ether oxygens (including phenoxy) is 2. The van der Waals surface area contributed by atoms with Gasteiger partial charge in [-0.2, -0.15) is 10.2 Å². The smallest absolute Gasteiger partial charge is 0.351 e. The van der Waals surface area contributed by atoms with Crippen molar-refractivity contribution in [2.24, 2.45) is 0 Å². The lowest BCUT2D eigenvalue weighted by Gasteiger charge is -2.23. The maximum Gasteiger partial charge on any atom is 0.351 e. The molecule has 2 aliphatic rings. The minimum absolute atomic E-state index is 0.0700. The number of aromatic nitrogens is 2. The third-order valence-corrected chi connectivity index (χ3v) is 5.77. The molecule has 1 fully saturated rings. The number of hydrogen-bond acceptors (Lipinski definition) is 5. The molecule has 3 heterocycles. The normalized spacial score (nSPS) is 17.1. The molecule has 0 spiro atoms. The SMILES string of the molecule is N#Cc1ccccc1-c1ccc2c(c1)CCn1c-2cc(OCC2CCCO2)nc1=O. The average Bonchev–Trinajstić information content (AvgIpc) is 3.31. The molecule has 2 aromatic carbocycles. The van der Waals surface area contributed by atoms with Crippen LogP contribution in [0.5, 0.6) is 5.88 Å². The molecule has 0 aliphatic carbocycles. The van der Waals surface area contributed by atoms with E-state index in [1.165, 1.54) is 0 Å². The molecule has 2 aliphatic heterocycles. The summed E-state index contributed by atoms with van der Waals surface area (Å²) in [6.07, 6.45) is 2.82. The van der Waals surface area contributed by atoms with E-state index in [0.717, 1.165) is 53.8 Å². The Bertz CT molecular complexity index is 1200. The molecule has 1 saturated heterocycles. The van der Waals surface area contributed by atoms with Gasteiger partial charge in [0.2, 0.25) is 5.88 Å². The number of rotatable bonds is 4. The van der Waals surface area contributed by atoms with Crippen LogP contribution in [-0.4, -0.2) is 28.9 Å². The van der Waals surface area contributed by atoms with Gasteiger partial charge in [-0.25, -0.2) is 4.79 Å². The zero-order valence-electron chi connectivity index (χ0n) is 16.5. The van der Waals surface area contributed by atoms with Gasteiger partial charge in [-0.1, -0.05) is 36.4 Å². The van der Waals surface area contributed by atoms with Crippen LogP contribution in [0.2, 0.25) is 0 Å². The van der Waals surface area contributed by atoms with Crippen molar-refractivity contribution in [3.8, 4) is 34.3 Å². The Morgan fingerprint density at radius 2 is 2.10 bits per heavy atom. The fourth-order valence-electron chi connectivity index (χ4n) is 4.23. The monoisotopic (exact) mass is 399 g/mol. The Morgan fingerprint density at radius 1 is 1.20 bits per heavy atom. The van der Waals surface area contributed by atoms with Gasteiger partial charge in [0, 0.05) is 24.8 Å². The molecule has 0 amide bonds. The molecule has 6 heteroatoms. The van der Waals surface area contributed by atoms with Crippen LogP contribution in [0.15, 0.2) is 53.3 Å². The average molecular weight is 399 g/mol. The summed E-state index contributed by atoms with van der Waals surface area (Å²) < 4.78 is 13.1. The van der Waals surface area contributed by atoms with Crippen molar-refractivity contribution in [3.63, 3.8) is 0 Å². The molecule has 6 nitrogen and oxygen atoms in total. The molecule has 0 saturated carbocycles. The lowest BCUT2D eigenvalue weighted by molar-refractivity contribution is 0.0661. The summed E-state index contributed by atoms with van der Waals surface area (Å²) in [7, 11) is 0. The number of aryl methyl sites for hydroxylation is 1. The molecule has 1 unspecified atom stereocenters. The van der Waals surface area contributed by atoms with E-state index in [-0.39, 0.29) is 11.8 Å². The number of fused-ring (bicyclic) bond motifs is 3. The largest absolute Gasteiger partial charge is 0.475 e. The first-order valence-corrected chi connectivity index (χ1v) is 10.2. The molecule has 0 bridgehead atoms. The highest BCUT2D eigenvalue weighted by Crippen LogP contribution is 2.34. The maximum atomic E-state index is 12.6. The van der Waals surface area contributed by atoms with E-state index in [1.54, 1.807) is 4.57 Å². The maximum absolute atomic E-state index is 12.6. The van der Waals surface area contributed by atoms with Gasteiger partial charge in [0.25, 0.3) is 0 Å². The summed E-state index contributed by atoms with van der Waals surface area (Å²) in [4.78, 5) is 16.7. The lowest BCUT2D eigenvalue weighted by atomic mass is 9.92. The zero-order valence-corrected chi connectivity index (χ0v) is 16.5. The van der Waals surface area contributed by atoms with Crippen LogP contribution in [0.3, 0.4) is 0 Å². The molecule has 5 rings (SSSR count). The van der Waals surface area contributed by atoms with E-state index in [2.05, 4.69) is 17.1 Å². The van der Waals surface area contributed by atoms with Crippen LogP contribution in [-0.2, 0) is 17.7 Å². The highest BCUT2D eigenvalue weighted by molar-refractivity contribution is 5.76. The Kier molecular flexibility index (Phi) is 4.82. The van der Waals surface area contributed by atoms with E-state index >= 15 is 0 Å². The summed E-state index contributed by atoms with van der Waals surface area (Å²) >= 11 is 0. The Labute approximate surface area is 174 Å². The third kappa shape index (κ3) is 3.38. The summed E-state index contributed by atoms with van der Waals surface area (Å²) in [6, 6.07) is 17.8. The fraction of sp³-hybridized carbons (Fsp3) is 0.292. The number of benzene rings is 2. The molecule has 30 heavy (non-hydrogen) atoms. The molecular weight excluding hydrogens is 378 g/mol. The number of hydrogen-bond donors (Lipinski definition) is 0. The molecule has 150 valence electrons. The van der Waals surface area contributed by atoms with Crippen molar-refractivity contribution < 1.29 is 9.47 Å². The van der Waals surface area contributed by atoms with E-state index in [4.69, 9.17) is 9.47 Å². The summed E-state index contributed by atoms with van der Waals surface area (Å²) in [5, 5.41) is 9.42. The minimum Gasteiger partial charge on any atom is -0.475 e. The van der Waals surface area contributed by atoms with Crippen molar-refractivity contribution in [1.82, 2.24) is 9.55 Å². The minimum atomic E-state index is -0.292. The summed E-state index contributed by atoms with van der Waals surface area (Å²) in [5.41, 5.74) is 5.25. The van der Waals surface area contributed by atoms with Crippen LogP contribution < -0.4 is 10.4 Å². The second kappa shape index (κ2) is 7.77. The van der Waals surface area contributed by atoms with Crippen LogP contribution >= 0.6 is 0 Å². The second-order valence-electron chi connectivity index (χ2n) is 7.64. The van der Waals surface area contributed by atoms with Gasteiger partial charge in [-0.15, -0.1) is 0 Å². The van der Waals surface area contributed by atoms with E-state index in [9.17, 15) is 10.1 Å². The summed E-state index contributed by atoms with van der Waals surface area (Å²) in [6.45, 7) is 1.75. The van der Waals surface area contributed by atoms with Crippen molar-refractivity contribution >= 4 is 0 Å². The van der Waals surface area contributed by atoms with Gasteiger partial charge >= 0.3 is 5.69 Å². The predicted octanol–water partition coefficient (Wildman–Crippen LogP) is 3.56. The quantitative estimate of drug-likeness (QED) is 0.670. The second-order valence-corrected chi connectivity index (χ2v) is 7.64. The number of nitriles is 1. The van der Waals surface area contributed by atoms with E-state index in [1.807, 2.05) is 42.5 Å². The van der Waals surface area contributed by atoms with Crippen molar-refractivity contribution in [3.05, 3.63) is 70.1 Å². The highest BCUT2D eigenvalue weighted by Gasteiger charge is 2.21. The first-order valence-electron chi connectivity index (χ1n) is 10.2. The lowest BCUT2D eigenvalue weighted by Crippen LogP contribution is -2.29. The molecule has 3 aromatic rings. The van der Waals surface area contributed by atoms with Crippen molar-refractivity contribution in [2.45, 2.75) is 31.9 Å². The van der Waals surface area contributed by atoms with Gasteiger partial charge in [-0.05, 0) is 42.0 Å². The predicted molar refractivity (Wildman–Crippen MR) is 112 cm³/mol. The van der Waals surface area contributed by atoms with Crippen molar-refractivity contribution in [1.29, 1.82) is 5.26 Å². The third-order valence-electron chi connectivity index (χ3n) is 5.77. The topological polar surface area (TPSA) is 77.1 Å². The standard InChI is InChI=1S/C24H21N3O3/c25-14-18-4-1-2-6-20(18)16-7-8-21-17(12-16)9-10-27-22(21)13-23(26-24(27)28)30-15-19-5-3-11-29-19/h1-2,4,6-8,12-13,19H,3,5,9-11,15H2. The van der Waals surface area contributed by atoms with E-state index in [0.29, 0.717) is 24.6 Å². The van der Waals surface area contributed by atoms with Crippen LogP contribution in [0.25, 0.3) is 22.4 Å². The van der Waals surface area contributed by atoms with Crippen LogP contribution in [0.1, 0.15) is 24.0 Å². The summed E-state index contributed by atoms with van der Waals surface area (Å²) in [5.74, 6) is 0.341. The molecule has 0 N–H and O–H groups in total. The molecule has 1 atom stereocenters. The Morgan fingerprint density at radius 3 is 2.93 bits per heavy atom. The van der Waals surface area contributed by atoms with Crippen LogP contribution in [0, 0.1) is 11.3 Å². The Balaban J connectivity index is 1.50.